The number of unbranched alkanes of at least 4 members (excludes halogenated alkanes) is 3. The van der Waals surface area contributed by atoms with Crippen LogP contribution in [0.1, 0.15) is 59.2 Å². The van der Waals surface area contributed by atoms with Crippen LogP contribution in [0.15, 0.2) is 109 Å². The van der Waals surface area contributed by atoms with Crippen molar-refractivity contribution in [2.45, 2.75) is 51.0 Å². The molecule has 3 N–H and O–H groups in total. The number of nitrogens with one attached hydrogen (secondary N) is 2. The number of carbonyl (C=O) groups is 3. The van der Waals surface area contributed by atoms with Gasteiger partial charge in [0.05, 0.1) is 6.54 Å². The lowest BCUT2D eigenvalue weighted by Crippen LogP contribution is -2.32. The first-order valence-corrected chi connectivity index (χ1v) is 15.2. The van der Waals surface area contributed by atoms with Gasteiger partial charge in [0, 0.05) is 29.7 Å². The van der Waals surface area contributed by atoms with Crippen LogP contribution in [0.5, 0.6) is 5.75 Å². The van der Waals surface area contributed by atoms with E-state index in [1.54, 1.807) is 60.7 Å². The maximum atomic E-state index is 13.1. The summed E-state index contributed by atoms with van der Waals surface area (Å²) in [6.07, 6.45) is 5.98. The molecule has 7 nitrogen and oxygen atoms in total. The Labute approximate surface area is 259 Å². The summed E-state index contributed by atoms with van der Waals surface area (Å²) in [5.74, 6) is -0.522. The summed E-state index contributed by atoms with van der Waals surface area (Å²) in [5.41, 5.74) is 3.59. The largest absolute Gasteiger partial charge is 0.492 e. The lowest BCUT2D eigenvalue weighted by Gasteiger charge is -2.18. The lowest BCUT2D eigenvalue weighted by atomic mass is 10.00. The molecule has 0 heterocycles. The van der Waals surface area contributed by atoms with Gasteiger partial charge in [0.1, 0.15) is 18.4 Å². The fourth-order valence-corrected chi connectivity index (χ4v) is 4.96. The van der Waals surface area contributed by atoms with Gasteiger partial charge in [0.2, 0.25) is 5.91 Å². The number of carbonyl (C=O) groups excluding carboxylic acids is 2. The number of aryl methyl sites for hydroxylation is 1. The Morgan fingerprint density at radius 2 is 1.36 bits per heavy atom. The smallest absolute Gasteiger partial charge is 0.326 e. The van der Waals surface area contributed by atoms with E-state index in [2.05, 4.69) is 34.9 Å². The van der Waals surface area contributed by atoms with Crippen LogP contribution >= 0.6 is 0 Å². The number of anilines is 1. The maximum Gasteiger partial charge on any atom is 0.326 e. The second-order valence-electron chi connectivity index (χ2n) is 10.7. The molecule has 0 aliphatic heterocycles. The van der Waals surface area contributed by atoms with Crippen molar-refractivity contribution in [2.24, 2.45) is 0 Å². The van der Waals surface area contributed by atoms with Gasteiger partial charge < -0.3 is 20.5 Å². The van der Waals surface area contributed by atoms with Crippen molar-refractivity contribution in [3.8, 4) is 5.75 Å². The molecule has 0 spiro atoms. The third-order valence-electron chi connectivity index (χ3n) is 7.35. The van der Waals surface area contributed by atoms with Gasteiger partial charge >= 0.3 is 5.97 Å². The number of benzene rings is 4. The Bertz CT molecular complexity index is 1470. The van der Waals surface area contributed by atoms with Crippen molar-refractivity contribution in [1.29, 1.82) is 0 Å². The predicted molar refractivity (Wildman–Crippen MR) is 173 cm³/mol. The van der Waals surface area contributed by atoms with Crippen LogP contribution in [-0.4, -0.2) is 42.0 Å². The highest BCUT2D eigenvalue weighted by molar-refractivity contribution is 6.12. The number of ether oxygens (including phenoxy) is 1. The van der Waals surface area contributed by atoms with Gasteiger partial charge in [0.25, 0.3) is 0 Å². The van der Waals surface area contributed by atoms with Gasteiger partial charge in [-0.05, 0) is 54.7 Å². The highest BCUT2D eigenvalue weighted by atomic mass is 16.5. The van der Waals surface area contributed by atoms with Gasteiger partial charge in [-0.15, -0.1) is 0 Å². The van der Waals surface area contributed by atoms with Gasteiger partial charge in [-0.3, -0.25) is 9.59 Å². The minimum Gasteiger partial charge on any atom is -0.492 e. The van der Waals surface area contributed by atoms with E-state index < -0.39 is 12.0 Å². The van der Waals surface area contributed by atoms with E-state index in [4.69, 9.17) is 4.74 Å². The minimum absolute atomic E-state index is 0.0336. The van der Waals surface area contributed by atoms with Crippen LogP contribution in [-0.2, 0) is 22.4 Å². The number of aliphatic carboxylic acids is 1. The molecular formula is C37H40N2O5. The first-order valence-electron chi connectivity index (χ1n) is 15.2. The second-order valence-corrected chi connectivity index (χ2v) is 10.7. The zero-order valence-electron chi connectivity index (χ0n) is 24.9. The molecule has 0 saturated carbocycles. The molecular weight excluding hydrogens is 552 g/mol. The lowest BCUT2D eigenvalue weighted by molar-refractivity contribution is -0.137. The van der Waals surface area contributed by atoms with Crippen molar-refractivity contribution in [3.63, 3.8) is 0 Å². The molecule has 4 rings (SSSR count). The van der Waals surface area contributed by atoms with E-state index in [-0.39, 0.29) is 18.1 Å². The monoisotopic (exact) mass is 592 g/mol. The zero-order chi connectivity index (χ0) is 31.0. The van der Waals surface area contributed by atoms with Gasteiger partial charge in [-0.2, -0.15) is 0 Å². The standard InChI is InChI=1S/C37H40N2O5/c40-35(20-10-2-1-5-13-28-14-6-3-7-15-28)38-25-26-44-31-23-21-29(22-24-31)27-34(37(42)43)39-33-19-12-11-18-32(33)36(41)30-16-8-4-9-17-30/h3-4,6-9,11-12,14-19,21-24,34,39H,1-2,5,10,13,20,25-27H2,(H,38,40)(H,42,43)/t34-/m0/s1. The molecule has 0 radical (unpaired) electrons. The second kappa shape index (κ2) is 17.3. The highest BCUT2D eigenvalue weighted by Gasteiger charge is 2.21. The Balaban J connectivity index is 1.16. The minimum atomic E-state index is -1.02. The van der Waals surface area contributed by atoms with Gasteiger partial charge in [-0.25, -0.2) is 4.79 Å². The van der Waals surface area contributed by atoms with Crippen LogP contribution in [0.3, 0.4) is 0 Å². The fourth-order valence-electron chi connectivity index (χ4n) is 4.96. The molecule has 1 atom stereocenters. The number of para-hydroxylation sites is 1. The Morgan fingerprint density at radius 3 is 2.09 bits per heavy atom. The SMILES string of the molecule is O=C(CCCCCCc1ccccc1)NCCOc1ccc(C[C@H](Nc2ccccc2C(=O)c2ccccc2)C(=O)O)cc1. The molecule has 4 aromatic carbocycles. The zero-order valence-corrected chi connectivity index (χ0v) is 24.9. The summed E-state index contributed by atoms with van der Waals surface area (Å²) in [6, 6.07) is 32.6. The fraction of sp³-hybridized carbons (Fsp3) is 0.270. The van der Waals surface area contributed by atoms with E-state index in [0.29, 0.717) is 42.1 Å². The predicted octanol–water partition coefficient (Wildman–Crippen LogP) is 6.71. The van der Waals surface area contributed by atoms with Gasteiger partial charge in [-0.1, -0.05) is 97.8 Å². The number of hydrogen-bond acceptors (Lipinski definition) is 5. The van der Waals surface area contributed by atoms with E-state index in [1.807, 2.05) is 24.3 Å². The van der Waals surface area contributed by atoms with Gasteiger partial charge in [0.15, 0.2) is 5.78 Å². The number of carboxylic acids is 1. The normalized spacial score (nSPS) is 11.4. The Kier molecular flexibility index (Phi) is 12.6. The number of rotatable bonds is 18. The Morgan fingerprint density at radius 1 is 0.705 bits per heavy atom. The molecule has 228 valence electrons. The third kappa shape index (κ3) is 10.4. The van der Waals surface area contributed by atoms with Crippen molar-refractivity contribution in [3.05, 3.63) is 131 Å². The Hall–Kier alpha value is -4.91. The van der Waals surface area contributed by atoms with Crippen molar-refractivity contribution in [2.75, 3.05) is 18.5 Å². The number of amides is 1. The maximum absolute atomic E-state index is 13.1. The molecule has 0 aliphatic rings. The molecule has 0 fully saturated rings. The number of ketones is 1. The van der Waals surface area contributed by atoms with Crippen molar-refractivity contribution < 1.29 is 24.2 Å². The van der Waals surface area contributed by atoms with Crippen LogP contribution in [0.25, 0.3) is 0 Å². The summed E-state index contributed by atoms with van der Waals surface area (Å²) in [4.78, 5) is 37.3. The first kappa shape index (κ1) is 32.0. The molecule has 0 aromatic heterocycles. The summed E-state index contributed by atoms with van der Waals surface area (Å²) < 4.78 is 5.76. The molecule has 7 heteroatoms. The van der Waals surface area contributed by atoms with Crippen molar-refractivity contribution in [1.82, 2.24) is 5.32 Å². The summed E-state index contributed by atoms with van der Waals surface area (Å²) in [5, 5.41) is 15.9. The molecule has 4 aromatic rings. The molecule has 1 amide bonds. The summed E-state index contributed by atoms with van der Waals surface area (Å²) >= 11 is 0. The molecule has 0 saturated heterocycles. The average Bonchev–Trinajstić information content (AvgIpc) is 3.06. The summed E-state index contributed by atoms with van der Waals surface area (Å²) in [7, 11) is 0. The van der Waals surface area contributed by atoms with E-state index >= 15 is 0 Å². The third-order valence-corrected chi connectivity index (χ3v) is 7.35. The topological polar surface area (TPSA) is 105 Å². The van der Waals surface area contributed by atoms with Crippen molar-refractivity contribution >= 4 is 23.3 Å². The molecule has 44 heavy (non-hydrogen) atoms. The summed E-state index contributed by atoms with van der Waals surface area (Å²) in [6.45, 7) is 0.758. The number of hydrogen-bond donors (Lipinski definition) is 3. The van der Waals surface area contributed by atoms with Crippen LogP contribution < -0.4 is 15.4 Å². The highest BCUT2D eigenvalue weighted by Crippen LogP contribution is 2.22. The quantitative estimate of drug-likeness (QED) is 0.0876. The molecule has 0 bridgehead atoms. The molecule has 0 unspecified atom stereocenters. The van der Waals surface area contributed by atoms with Crippen LogP contribution in [0.2, 0.25) is 0 Å². The average molecular weight is 593 g/mol. The van der Waals surface area contributed by atoms with Crippen LogP contribution in [0, 0.1) is 0 Å². The van der Waals surface area contributed by atoms with E-state index in [1.165, 1.54) is 5.56 Å². The number of carboxylic acid groups (broad SMARTS) is 1. The first-order chi connectivity index (χ1) is 21.5. The van der Waals surface area contributed by atoms with E-state index in [9.17, 15) is 19.5 Å². The molecule has 0 aliphatic carbocycles. The van der Waals surface area contributed by atoms with Crippen LogP contribution in [0.4, 0.5) is 5.69 Å². The van der Waals surface area contributed by atoms with E-state index in [0.717, 1.165) is 37.7 Å².